The van der Waals surface area contributed by atoms with Crippen molar-refractivity contribution in [3.05, 3.63) is 82.7 Å². The van der Waals surface area contributed by atoms with Gasteiger partial charge in [0.2, 0.25) is 0 Å². The molecule has 2 amide bonds. The van der Waals surface area contributed by atoms with Gasteiger partial charge in [-0.1, -0.05) is 12.1 Å². The Morgan fingerprint density at radius 3 is 2.20 bits per heavy atom. The highest BCUT2D eigenvalue weighted by molar-refractivity contribution is 6.07. The molecule has 10 heteroatoms. The van der Waals surface area contributed by atoms with Gasteiger partial charge in [-0.25, -0.2) is 9.18 Å². The molecule has 0 radical (unpaired) electrons. The van der Waals surface area contributed by atoms with Crippen molar-refractivity contribution in [2.24, 2.45) is 5.41 Å². The lowest BCUT2D eigenvalue weighted by Crippen LogP contribution is -2.49. The van der Waals surface area contributed by atoms with Crippen molar-refractivity contribution in [2.75, 3.05) is 18.6 Å². The number of carbonyl (C=O) groups excluding carboxylic acids is 3. The van der Waals surface area contributed by atoms with Crippen LogP contribution < -0.4 is 24.4 Å². The third-order valence-corrected chi connectivity index (χ3v) is 8.51. The molecule has 1 N–H and O–H groups in total. The Balaban J connectivity index is 1.56. The summed E-state index contributed by atoms with van der Waals surface area (Å²) in [6, 6.07) is 15.5. The Morgan fingerprint density at radius 1 is 0.902 bits per heavy atom. The number of nitrogens with zero attached hydrogens (tertiary/aromatic N) is 1. The SMILES string of the molecule is COc1ccc(C2CCc3cc(OC(=O)C(C)(C)C)ccc3C2)c(N(C(=O)c2ccc(OCC(C)(C)NC(=O)OC(C)(C)C)c(F)c2)C(C)C)c1. The van der Waals surface area contributed by atoms with Crippen LogP contribution in [0.4, 0.5) is 14.9 Å². The van der Waals surface area contributed by atoms with Crippen molar-refractivity contribution < 1.29 is 37.7 Å². The minimum Gasteiger partial charge on any atom is -0.497 e. The van der Waals surface area contributed by atoms with Gasteiger partial charge in [0, 0.05) is 17.7 Å². The fourth-order valence-corrected chi connectivity index (χ4v) is 5.91. The van der Waals surface area contributed by atoms with Crippen LogP contribution in [0.2, 0.25) is 0 Å². The first kappa shape index (κ1) is 39.2. The van der Waals surface area contributed by atoms with E-state index in [-0.39, 0.29) is 41.8 Å². The number of esters is 1. The number of anilines is 1. The van der Waals surface area contributed by atoms with E-state index in [1.54, 1.807) is 52.7 Å². The molecule has 51 heavy (non-hydrogen) atoms. The third-order valence-electron chi connectivity index (χ3n) is 8.51. The van der Waals surface area contributed by atoms with E-state index in [0.717, 1.165) is 36.0 Å². The standard InChI is InChI=1S/C41H53FN2O7/c1-25(2)44(36(45)29-15-19-35(33(42)22-29)49-24-41(9,10)43-38(47)51-40(6,7)8)34-23-30(48-11)17-18-32(34)28-13-12-27-21-31(16-14-26(27)20-28)50-37(46)39(3,4)5/h14-19,21-23,25,28H,12-13,20,24H2,1-11H3,(H,43,47). The Labute approximate surface area is 301 Å². The number of nitrogens with one attached hydrogen (secondary N) is 1. The van der Waals surface area contributed by atoms with Gasteiger partial charge in [0.1, 0.15) is 23.7 Å². The van der Waals surface area contributed by atoms with E-state index in [2.05, 4.69) is 5.32 Å². The maximum Gasteiger partial charge on any atom is 0.408 e. The molecule has 0 aliphatic heterocycles. The Bertz CT molecular complexity index is 1750. The van der Waals surface area contributed by atoms with Crippen molar-refractivity contribution in [3.63, 3.8) is 0 Å². The Morgan fingerprint density at radius 2 is 1.59 bits per heavy atom. The van der Waals surface area contributed by atoms with Crippen LogP contribution in [0.15, 0.2) is 54.6 Å². The molecule has 0 heterocycles. The highest BCUT2D eigenvalue weighted by atomic mass is 19.1. The molecule has 9 nitrogen and oxygen atoms in total. The summed E-state index contributed by atoms with van der Waals surface area (Å²) in [5.41, 5.74) is 2.03. The number of ether oxygens (including phenoxy) is 4. The summed E-state index contributed by atoms with van der Waals surface area (Å²) in [4.78, 5) is 40.6. The second-order valence-corrected chi connectivity index (χ2v) is 16.1. The maximum atomic E-state index is 15.5. The van der Waals surface area contributed by atoms with Crippen molar-refractivity contribution in [2.45, 2.75) is 112 Å². The zero-order valence-corrected chi connectivity index (χ0v) is 31.9. The molecular formula is C41H53FN2O7. The first-order chi connectivity index (χ1) is 23.7. The summed E-state index contributed by atoms with van der Waals surface area (Å²) in [6.45, 7) is 18.1. The molecule has 1 aliphatic rings. The maximum absolute atomic E-state index is 15.5. The van der Waals surface area contributed by atoms with E-state index < -0.39 is 28.5 Å². The molecule has 0 spiro atoms. The summed E-state index contributed by atoms with van der Waals surface area (Å²) in [5, 5.41) is 2.74. The number of aryl methyl sites for hydroxylation is 1. The van der Waals surface area contributed by atoms with Crippen LogP contribution in [-0.4, -0.2) is 48.9 Å². The van der Waals surface area contributed by atoms with Gasteiger partial charge in [-0.2, -0.15) is 0 Å². The fourth-order valence-electron chi connectivity index (χ4n) is 5.91. The lowest BCUT2D eigenvalue weighted by atomic mass is 9.79. The molecule has 1 atom stereocenters. The number of fused-ring (bicyclic) bond motifs is 1. The quantitative estimate of drug-likeness (QED) is 0.166. The number of alkyl carbamates (subject to hydrolysis) is 1. The predicted octanol–water partition coefficient (Wildman–Crippen LogP) is 8.80. The van der Waals surface area contributed by atoms with E-state index in [1.807, 2.05) is 71.0 Å². The van der Waals surface area contributed by atoms with Crippen LogP contribution in [0.1, 0.15) is 109 Å². The van der Waals surface area contributed by atoms with E-state index in [9.17, 15) is 14.4 Å². The summed E-state index contributed by atoms with van der Waals surface area (Å²) in [6.07, 6.45) is 1.73. The van der Waals surface area contributed by atoms with Crippen LogP contribution in [0, 0.1) is 11.2 Å². The third kappa shape index (κ3) is 10.2. The Hall–Kier alpha value is -4.60. The Kier molecular flexibility index (Phi) is 11.8. The van der Waals surface area contributed by atoms with Gasteiger partial charge >= 0.3 is 12.1 Å². The first-order valence-electron chi connectivity index (χ1n) is 17.5. The number of amides is 2. The zero-order valence-electron chi connectivity index (χ0n) is 31.9. The van der Waals surface area contributed by atoms with Crippen LogP contribution in [0.25, 0.3) is 0 Å². The molecule has 0 aromatic heterocycles. The van der Waals surface area contributed by atoms with Crippen molar-refractivity contribution in [1.82, 2.24) is 5.32 Å². The molecule has 0 bridgehead atoms. The largest absolute Gasteiger partial charge is 0.497 e. The molecule has 3 aromatic carbocycles. The van der Waals surface area contributed by atoms with Crippen molar-refractivity contribution in [3.8, 4) is 17.2 Å². The number of rotatable bonds is 10. The van der Waals surface area contributed by atoms with Gasteiger partial charge < -0.3 is 29.2 Å². The highest BCUT2D eigenvalue weighted by Gasteiger charge is 2.31. The summed E-state index contributed by atoms with van der Waals surface area (Å²) in [5.74, 6) is -0.138. The molecule has 0 saturated carbocycles. The summed E-state index contributed by atoms with van der Waals surface area (Å²) < 4.78 is 37.8. The zero-order chi connectivity index (χ0) is 37.9. The number of hydrogen-bond donors (Lipinski definition) is 1. The van der Waals surface area contributed by atoms with Gasteiger partial charge in [-0.15, -0.1) is 0 Å². The van der Waals surface area contributed by atoms with Crippen molar-refractivity contribution >= 4 is 23.7 Å². The molecule has 0 saturated heterocycles. The molecule has 3 aromatic rings. The van der Waals surface area contributed by atoms with E-state index in [0.29, 0.717) is 17.2 Å². The van der Waals surface area contributed by atoms with Crippen LogP contribution >= 0.6 is 0 Å². The van der Waals surface area contributed by atoms with Gasteiger partial charge in [-0.3, -0.25) is 9.59 Å². The number of halogens is 1. The lowest BCUT2D eigenvalue weighted by molar-refractivity contribution is -0.143. The normalized spacial score (nSPS) is 14.7. The van der Waals surface area contributed by atoms with Gasteiger partial charge in [0.25, 0.3) is 5.91 Å². The first-order valence-corrected chi connectivity index (χ1v) is 17.5. The minimum absolute atomic E-state index is 0.0321. The van der Waals surface area contributed by atoms with Crippen LogP contribution in [0.5, 0.6) is 17.2 Å². The number of carbonyl (C=O) groups is 3. The number of hydrogen-bond acceptors (Lipinski definition) is 7. The lowest BCUT2D eigenvalue weighted by Gasteiger charge is -2.33. The summed E-state index contributed by atoms with van der Waals surface area (Å²) in [7, 11) is 1.58. The van der Waals surface area contributed by atoms with E-state index >= 15 is 4.39 Å². The molecule has 0 fully saturated rings. The predicted molar refractivity (Wildman–Crippen MR) is 197 cm³/mol. The average Bonchev–Trinajstić information content (AvgIpc) is 3.02. The minimum atomic E-state index is -0.860. The second-order valence-electron chi connectivity index (χ2n) is 16.1. The van der Waals surface area contributed by atoms with Gasteiger partial charge in [0.05, 0.1) is 23.8 Å². The molecular weight excluding hydrogens is 651 g/mol. The smallest absolute Gasteiger partial charge is 0.408 e. The summed E-state index contributed by atoms with van der Waals surface area (Å²) >= 11 is 0. The number of benzene rings is 3. The van der Waals surface area contributed by atoms with Gasteiger partial charge in [0.15, 0.2) is 11.6 Å². The van der Waals surface area contributed by atoms with E-state index in [4.69, 9.17) is 18.9 Å². The number of methoxy groups -OCH3 is 1. The van der Waals surface area contributed by atoms with Gasteiger partial charge in [-0.05, 0) is 148 Å². The van der Waals surface area contributed by atoms with Crippen LogP contribution in [-0.2, 0) is 22.4 Å². The van der Waals surface area contributed by atoms with Crippen molar-refractivity contribution in [1.29, 1.82) is 0 Å². The average molecular weight is 705 g/mol. The molecule has 1 unspecified atom stereocenters. The second kappa shape index (κ2) is 15.3. The highest BCUT2D eigenvalue weighted by Crippen LogP contribution is 2.41. The van der Waals surface area contributed by atoms with E-state index in [1.165, 1.54) is 12.1 Å². The molecule has 276 valence electrons. The monoisotopic (exact) mass is 704 g/mol. The fraction of sp³-hybridized carbons (Fsp3) is 0.488. The van der Waals surface area contributed by atoms with Crippen LogP contribution in [0.3, 0.4) is 0 Å². The molecule has 1 aliphatic carbocycles. The topological polar surface area (TPSA) is 103 Å². The molecule has 4 rings (SSSR count).